The lowest BCUT2D eigenvalue weighted by Crippen LogP contribution is -2.30. The van der Waals surface area contributed by atoms with Crippen molar-refractivity contribution in [3.63, 3.8) is 0 Å². The van der Waals surface area contributed by atoms with E-state index >= 15 is 0 Å². The molecule has 3 N–H and O–H groups in total. The summed E-state index contributed by atoms with van der Waals surface area (Å²) in [4.78, 5) is 4.12. The zero-order valence-electron chi connectivity index (χ0n) is 16.0. The van der Waals surface area contributed by atoms with Crippen LogP contribution in [0.1, 0.15) is 31.2 Å². The van der Waals surface area contributed by atoms with Gasteiger partial charge in [-0.15, -0.1) is 10.2 Å². The van der Waals surface area contributed by atoms with Gasteiger partial charge in [-0.3, -0.25) is 4.98 Å². The van der Waals surface area contributed by atoms with Gasteiger partial charge in [-0.2, -0.15) is 13.2 Å². The Morgan fingerprint density at radius 1 is 1.07 bits per heavy atom. The van der Waals surface area contributed by atoms with Gasteiger partial charge in [-0.25, -0.2) is 0 Å². The molecule has 2 unspecified atom stereocenters. The lowest BCUT2D eigenvalue weighted by atomic mass is 9.86. The number of benzene rings is 1. The van der Waals surface area contributed by atoms with Crippen molar-refractivity contribution < 1.29 is 23.4 Å². The zero-order valence-corrected chi connectivity index (χ0v) is 16.0. The van der Waals surface area contributed by atoms with Gasteiger partial charge in [-0.05, 0) is 37.1 Å². The Balaban J connectivity index is 1.68. The number of hydrogen-bond acceptors (Lipinski definition) is 6. The van der Waals surface area contributed by atoms with E-state index in [9.17, 15) is 23.4 Å². The summed E-state index contributed by atoms with van der Waals surface area (Å²) in [6.45, 7) is 0.532. The van der Waals surface area contributed by atoms with Crippen LogP contribution in [-0.4, -0.2) is 38.0 Å². The van der Waals surface area contributed by atoms with Crippen LogP contribution in [0.2, 0.25) is 0 Å². The number of nitrogens with one attached hydrogen (secondary N) is 1. The van der Waals surface area contributed by atoms with Crippen LogP contribution in [0.15, 0.2) is 36.7 Å². The van der Waals surface area contributed by atoms with Gasteiger partial charge in [0.1, 0.15) is 11.4 Å². The van der Waals surface area contributed by atoms with Crippen molar-refractivity contribution in [2.75, 3.05) is 11.9 Å². The summed E-state index contributed by atoms with van der Waals surface area (Å²) in [7, 11) is 0. The van der Waals surface area contributed by atoms with Crippen molar-refractivity contribution in [1.29, 1.82) is 0 Å². The highest BCUT2D eigenvalue weighted by Gasteiger charge is 2.31. The molecule has 0 amide bonds. The molecular formula is C21H21F3N4O2. The summed E-state index contributed by atoms with van der Waals surface area (Å²) in [5, 5.41) is 33.2. The van der Waals surface area contributed by atoms with Gasteiger partial charge in [-0.1, -0.05) is 12.8 Å². The van der Waals surface area contributed by atoms with Crippen LogP contribution in [0.25, 0.3) is 22.0 Å². The Kier molecular flexibility index (Phi) is 5.46. The molecular weight excluding hydrogens is 397 g/mol. The van der Waals surface area contributed by atoms with E-state index in [-0.39, 0.29) is 23.3 Å². The molecule has 2 atom stereocenters. The highest BCUT2D eigenvalue weighted by molar-refractivity contribution is 6.00. The molecule has 0 spiro atoms. The monoisotopic (exact) mass is 418 g/mol. The van der Waals surface area contributed by atoms with Crippen molar-refractivity contribution in [3.05, 3.63) is 42.2 Å². The predicted octanol–water partition coefficient (Wildman–Crippen LogP) is 4.38. The topological polar surface area (TPSA) is 91.2 Å². The van der Waals surface area contributed by atoms with Crippen molar-refractivity contribution in [3.8, 4) is 17.0 Å². The molecule has 3 aromatic rings. The number of aliphatic hydroxyl groups excluding tert-OH is 1. The molecule has 1 saturated carbocycles. The van der Waals surface area contributed by atoms with E-state index < -0.39 is 17.5 Å². The number of halogens is 3. The maximum atomic E-state index is 12.9. The molecule has 0 saturated heterocycles. The molecule has 4 rings (SSSR count). The van der Waals surface area contributed by atoms with Crippen LogP contribution in [0.3, 0.4) is 0 Å². The van der Waals surface area contributed by atoms with E-state index in [1.165, 1.54) is 6.07 Å². The Labute approximate surface area is 170 Å². The molecule has 2 heterocycles. The molecule has 2 aromatic heterocycles. The number of alkyl halides is 3. The fourth-order valence-corrected chi connectivity index (χ4v) is 3.89. The molecule has 0 bridgehead atoms. The quantitative estimate of drug-likeness (QED) is 0.583. The van der Waals surface area contributed by atoms with Gasteiger partial charge in [0.25, 0.3) is 0 Å². The normalized spacial score (nSPS) is 19.7. The van der Waals surface area contributed by atoms with Gasteiger partial charge in [0, 0.05) is 41.2 Å². The second kappa shape index (κ2) is 8.06. The number of phenolic OH excluding ortho intramolecular Hbond substituents is 1. The molecule has 0 aliphatic heterocycles. The Morgan fingerprint density at radius 2 is 1.87 bits per heavy atom. The number of aliphatic hydroxyl groups is 1. The first kappa shape index (κ1) is 20.3. The highest BCUT2D eigenvalue weighted by atomic mass is 19.4. The average molecular weight is 418 g/mol. The number of aromatic hydroxyl groups is 1. The fraction of sp³-hybridized carbons (Fsp3) is 0.381. The van der Waals surface area contributed by atoms with E-state index in [1.807, 2.05) is 0 Å². The van der Waals surface area contributed by atoms with Crippen LogP contribution in [0, 0.1) is 5.92 Å². The van der Waals surface area contributed by atoms with Gasteiger partial charge in [0.15, 0.2) is 5.82 Å². The van der Waals surface area contributed by atoms with Crippen molar-refractivity contribution in [2.24, 2.45) is 5.92 Å². The summed E-state index contributed by atoms with van der Waals surface area (Å²) in [5.74, 6) is 0.0696. The number of aromatic nitrogens is 3. The van der Waals surface area contributed by atoms with Gasteiger partial charge in [0.05, 0.1) is 11.7 Å². The van der Waals surface area contributed by atoms with Crippen LogP contribution in [0.4, 0.5) is 19.0 Å². The van der Waals surface area contributed by atoms with Crippen LogP contribution in [0.5, 0.6) is 5.75 Å². The molecule has 1 aromatic carbocycles. The van der Waals surface area contributed by atoms with E-state index in [0.29, 0.717) is 29.2 Å². The minimum absolute atomic E-state index is 0.117. The third-order valence-corrected chi connectivity index (χ3v) is 5.56. The SMILES string of the molecule is Oc1cc(C(F)(F)F)ccc1-c1nnc(NCC2CCCCC2O)c2cnccc12. The van der Waals surface area contributed by atoms with E-state index in [2.05, 4.69) is 20.5 Å². The lowest BCUT2D eigenvalue weighted by Gasteiger charge is -2.27. The van der Waals surface area contributed by atoms with Crippen LogP contribution < -0.4 is 5.32 Å². The van der Waals surface area contributed by atoms with Crippen LogP contribution >= 0.6 is 0 Å². The zero-order chi connectivity index (χ0) is 21.3. The predicted molar refractivity (Wildman–Crippen MR) is 106 cm³/mol. The summed E-state index contributed by atoms with van der Waals surface area (Å²) in [6.07, 6.45) is 2.04. The number of nitrogens with zero attached hydrogens (tertiary/aromatic N) is 3. The van der Waals surface area contributed by atoms with Crippen LogP contribution in [-0.2, 0) is 6.18 Å². The second-order valence-corrected chi connectivity index (χ2v) is 7.54. The Bertz CT molecular complexity index is 1060. The molecule has 30 heavy (non-hydrogen) atoms. The molecule has 6 nitrogen and oxygen atoms in total. The van der Waals surface area contributed by atoms with Crippen molar-refractivity contribution in [1.82, 2.24) is 15.2 Å². The van der Waals surface area contributed by atoms with E-state index in [4.69, 9.17) is 0 Å². The molecule has 158 valence electrons. The van der Waals surface area contributed by atoms with E-state index in [0.717, 1.165) is 31.7 Å². The minimum Gasteiger partial charge on any atom is -0.507 e. The third-order valence-electron chi connectivity index (χ3n) is 5.56. The van der Waals surface area contributed by atoms with Crippen molar-refractivity contribution in [2.45, 2.75) is 38.0 Å². The third kappa shape index (κ3) is 4.02. The number of hydrogen-bond donors (Lipinski definition) is 3. The lowest BCUT2D eigenvalue weighted by molar-refractivity contribution is -0.137. The van der Waals surface area contributed by atoms with Gasteiger partial charge >= 0.3 is 6.18 Å². The first-order valence-corrected chi connectivity index (χ1v) is 9.77. The molecule has 9 heteroatoms. The summed E-state index contributed by atoms with van der Waals surface area (Å²) < 4.78 is 38.7. The number of fused-ring (bicyclic) bond motifs is 1. The van der Waals surface area contributed by atoms with Gasteiger partial charge < -0.3 is 15.5 Å². The molecule has 1 fully saturated rings. The number of anilines is 1. The number of pyridine rings is 1. The molecule has 1 aliphatic carbocycles. The smallest absolute Gasteiger partial charge is 0.416 e. The first-order chi connectivity index (χ1) is 14.3. The fourth-order valence-electron chi connectivity index (χ4n) is 3.89. The maximum absolute atomic E-state index is 12.9. The van der Waals surface area contributed by atoms with E-state index in [1.54, 1.807) is 18.5 Å². The van der Waals surface area contributed by atoms with Gasteiger partial charge in [0.2, 0.25) is 0 Å². The largest absolute Gasteiger partial charge is 0.507 e. The molecule has 1 aliphatic rings. The first-order valence-electron chi connectivity index (χ1n) is 9.77. The van der Waals surface area contributed by atoms with Crippen molar-refractivity contribution >= 4 is 16.6 Å². The minimum atomic E-state index is -4.55. The number of rotatable bonds is 4. The highest BCUT2D eigenvalue weighted by Crippen LogP contribution is 2.38. The Morgan fingerprint density at radius 3 is 2.60 bits per heavy atom. The maximum Gasteiger partial charge on any atom is 0.416 e. The molecule has 0 radical (unpaired) electrons. The summed E-state index contributed by atoms with van der Waals surface area (Å²) >= 11 is 0. The summed E-state index contributed by atoms with van der Waals surface area (Å²) in [6, 6.07) is 4.45. The number of phenols is 1. The summed E-state index contributed by atoms with van der Waals surface area (Å²) in [5.41, 5.74) is -0.519. The standard InChI is InChI=1S/C21H21F3N4O2/c22-21(23,24)13-5-6-15(18(30)9-13)19-14-7-8-25-11-16(14)20(28-27-19)26-10-12-3-1-2-4-17(12)29/h5-9,11-12,17,29-30H,1-4,10H2,(H,26,28). The average Bonchev–Trinajstić information content (AvgIpc) is 2.72. The Hall–Kier alpha value is -2.94. The second-order valence-electron chi connectivity index (χ2n) is 7.54.